The molecule has 2 nitrogen and oxygen atoms in total. The molecule has 0 unspecified atom stereocenters. The van der Waals surface area contributed by atoms with E-state index in [2.05, 4.69) is 18.8 Å². The number of hydrogen-bond acceptors (Lipinski definition) is 2. The fourth-order valence-electron chi connectivity index (χ4n) is 1.34. The molecule has 0 amide bonds. The molecule has 0 aliphatic rings. The Morgan fingerprint density at radius 3 is 2.88 bits per heavy atom. The summed E-state index contributed by atoms with van der Waals surface area (Å²) in [6.45, 7) is 5.32. The van der Waals surface area contributed by atoms with Gasteiger partial charge in [0.15, 0.2) is 0 Å². The number of aryl methyl sites for hydroxylation is 1. The summed E-state index contributed by atoms with van der Waals surface area (Å²) in [6, 6.07) is 6.05. The van der Waals surface area contributed by atoms with Crippen LogP contribution in [0.2, 0.25) is 0 Å². The molecule has 1 aromatic carbocycles. The summed E-state index contributed by atoms with van der Waals surface area (Å²) in [5, 5.41) is 0. The Morgan fingerprint density at radius 2 is 2.19 bits per heavy atom. The third-order valence-electron chi connectivity index (χ3n) is 2.22. The van der Waals surface area contributed by atoms with Gasteiger partial charge in [-0.2, -0.15) is 0 Å². The fourth-order valence-corrected chi connectivity index (χ4v) is 1.34. The summed E-state index contributed by atoms with van der Waals surface area (Å²) in [5.41, 5.74) is 7.49. The van der Waals surface area contributed by atoms with E-state index in [9.17, 15) is 0 Å². The molecule has 0 radical (unpaired) electrons. The Morgan fingerprint density at radius 1 is 1.38 bits per heavy atom. The lowest BCUT2D eigenvalue weighted by atomic mass is 10.1. The summed E-state index contributed by atoms with van der Waals surface area (Å²) >= 11 is 0. The monoisotopic (exact) mass is 217 g/mol. The van der Waals surface area contributed by atoms with Gasteiger partial charge in [0.05, 0.1) is 18.7 Å². The molecule has 2 heteroatoms. The molecular weight excluding hydrogens is 198 g/mol. The van der Waals surface area contributed by atoms with E-state index < -0.39 is 0 Å². The van der Waals surface area contributed by atoms with Gasteiger partial charge >= 0.3 is 0 Å². The number of unbranched alkanes of at least 4 members (excludes halogenated alkanes) is 1. The minimum absolute atomic E-state index is 0.377. The second-order valence-electron chi connectivity index (χ2n) is 3.71. The molecule has 2 N–H and O–H groups in total. The third-order valence-corrected chi connectivity index (χ3v) is 2.22. The first-order valence-corrected chi connectivity index (χ1v) is 5.70. The van der Waals surface area contributed by atoms with Crippen LogP contribution < -0.4 is 10.5 Å². The summed E-state index contributed by atoms with van der Waals surface area (Å²) in [5.74, 6) is 6.76. The second-order valence-corrected chi connectivity index (χ2v) is 3.71. The minimum atomic E-state index is 0.377. The Kier molecular flexibility index (Phi) is 5.45. The van der Waals surface area contributed by atoms with Gasteiger partial charge in [0, 0.05) is 0 Å². The molecule has 0 atom stereocenters. The van der Waals surface area contributed by atoms with Crippen molar-refractivity contribution in [2.75, 3.05) is 13.2 Å². The average molecular weight is 217 g/mol. The van der Waals surface area contributed by atoms with E-state index in [4.69, 9.17) is 10.5 Å². The number of hydrogen-bond donors (Lipinski definition) is 1. The topological polar surface area (TPSA) is 35.2 Å². The lowest BCUT2D eigenvalue weighted by Crippen LogP contribution is -1.99. The molecule has 0 aromatic heterocycles. The van der Waals surface area contributed by atoms with Crippen molar-refractivity contribution in [3.05, 3.63) is 29.3 Å². The normalized spacial score (nSPS) is 9.44. The van der Waals surface area contributed by atoms with Crippen LogP contribution in [0.4, 0.5) is 0 Å². The van der Waals surface area contributed by atoms with Crippen LogP contribution in [0.25, 0.3) is 0 Å². The largest absolute Gasteiger partial charge is 0.492 e. The molecule has 0 aliphatic carbocycles. The van der Waals surface area contributed by atoms with Gasteiger partial charge in [-0.25, -0.2) is 0 Å². The van der Waals surface area contributed by atoms with Gasteiger partial charge in [-0.15, -0.1) is 0 Å². The maximum absolute atomic E-state index is 5.69. The van der Waals surface area contributed by atoms with E-state index in [1.54, 1.807) is 0 Å². The van der Waals surface area contributed by atoms with E-state index in [-0.39, 0.29) is 0 Å². The maximum atomic E-state index is 5.69. The minimum Gasteiger partial charge on any atom is -0.492 e. The SMILES string of the molecule is CCCCOc1ccc(C)cc1C#CCN. The zero-order valence-electron chi connectivity index (χ0n) is 10.0. The van der Waals surface area contributed by atoms with Gasteiger partial charge in [-0.05, 0) is 31.0 Å². The first kappa shape index (κ1) is 12.6. The maximum Gasteiger partial charge on any atom is 0.134 e. The van der Waals surface area contributed by atoms with Crippen LogP contribution in [0.3, 0.4) is 0 Å². The van der Waals surface area contributed by atoms with E-state index in [1.807, 2.05) is 25.1 Å². The van der Waals surface area contributed by atoms with Crippen LogP contribution in [-0.4, -0.2) is 13.2 Å². The van der Waals surface area contributed by atoms with Crippen molar-refractivity contribution >= 4 is 0 Å². The van der Waals surface area contributed by atoms with Crippen molar-refractivity contribution < 1.29 is 4.74 Å². The lowest BCUT2D eigenvalue weighted by molar-refractivity contribution is 0.308. The quantitative estimate of drug-likeness (QED) is 0.621. The van der Waals surface area contributed by atoms with Crippen molar-refractivity contribution in [1.82, 2.24) is 0 Å². The number of ether oxygens (including phenoxy) is 1. The predicted molar refractivity (Wildman–Crippen MR) is 67.5 cm³/mol. The molecule has 0 saturated carbocycles. The molecular formula is C14H19NO. The smallest absolute Gasteiger partial charge is 0.134 e. The summed E-state index contributed by atoms with van der Waals surface area (Å²) in [4.78, 5) is 0. The van der Waals surface area contributed by atoms with Crippen LogP contribution >= 0.6 is 0 Å². The Bertz CT molecular complexity index is 387. The molecule has 0 saturated heterocycles. The molecule has 0 heterocycles. The predicted octanol–water partition coefficient (Wildman–Crippen LogP) is 2.48. The highest BCUT2D eigenvalue weighted by molar-refractivity contribution is 5.48. The summed E-state index contributed by atoms with van der Waals surface area (Å²) < 4.78 is 5.69. The summed E-state index contributed by atoms with van der Waals surface area (Å²) in [7, 11) is 0. The highest BCUT2D eigenvalue weighted by Gasteiger charge is 2.01. The first-order valence-electron chi connectivity index (χ1n) is 5.70. The fraction of sp³-hybridized carbons (Fsp3) is 0.429. The van der Waals surface area contributed by atoms with Crippen molar-refractivity contribution in [2.45, 2.75) is 26.7 Å². The zero-order valence-corrected chi connectivity index (χ0v) is 10.0. The Balaban J connectivity index is 2.80. The number of nitrogens with two attached hydrogens (primary N) is 1. The van der Waals surface area contributed by atoms with Crippen molar-refractivity contribution in [1.29, 1.82) is 0 Å². The molecule has 0 bridgehead atoms. The van der Waals surface area contributed by atoms with E-state index in [0.29, 0.717) is 6.54 Å². The molecule has 1 aromatic rings. The summed E-state index contributed by atoms with van der Waals surface area (Å²) in [6.07, 6.45) is 2.20. The standard InChI is InChI=1S/C14H19NO/c1-3-4-10-16-14-8-7-12(2)11-13(14)6-5-9-15/h7-8,11H,3-4,9-10,15H2,1-2H3. The molecule has 86 valence electrons. The van der Waals surface area contributed by atoms with Gasteiger partial charge in [-0.1, -0.05) is 31.3 Å². The van der Waals surface area contributed by atoms with Gasteiger partial charge in [0.2, 0.25) is 0 Å². The van der Waals surface area contributed by atoms with Gasteiger partial charge in [0.1, 0.15) is 5.75 Å². The van der Waals surface area contributed by atoms with Crippen molar-refractivity contribution in [3.63, 3.8) is 0 Å². The first-order chi connectivity index (χ1) is 7.77. The van der Waals surface area contributed by atoms with Crippen LogP contribution in [0.15, 0.2) is 18.2 Å². The molecule has 1 rings (SSSR count). The Hall–Kier alpha value is -1.46. The van der Waals surface area contributed by atoms with E-state index in [1.165, 1.54) is 5.56 Å². The van der Waals surface area contributed by atoms with E-state index in [0.717, 1.165) is 30.8 Å². The highest BCUT2D eigenvalue weighted by Crippen LogP contribution is 2.19. The Labute approximate surface area is 97.8 Å². The van der Waals surface area contributed by atoms with Crippen molar-refractivity contribution in [3.8, 4) is 17.6 Å². The van der Waals surface area contributed by atoms with Crippen LogP contribution in [-0.2, 0) is 0 Å². The zero-order chi connectivity index (χ0) is 11.8. The van der Waals surface area contributed by atoms with E-state index >= 15 is 0 Å². The van der Waals surface area contributed by atoms with Crippen molar-refractivity contribution in [2.24, 2.45) is 5.73 Å². The highest BCUT2D eigenvalue weighted by atomic mass is 16.5. The van der Waals surface area contributed by atoms with Crippen LogP contribution in [0.1, 0.15) is 30.9 Å². The molecule has 0 fully saturated rings. The van der Waals surface area contributed by atoms with Gasteiger partial charge in [-0.3, -0.25) is 0 Å². The van der Waals surface area contributed by atoms with Gasteiger partial charge in [0.25, 0.3) is 0 Å². The number of rotatable bonds is 4. The third kappa shape index (κ3) is 3.96. The van der Waals surface area contributed by atoms with Crippen LogP contribution in [0.5, 0.6) is 5.75 Å². The lowest BCUT2D eigenvalue weighted by Gasteiger charge is -2.08. The van der Waals surface area contributed by atoms with Gasteiger partial charge < -0.3 is 10.5 Å². The van der Waals surface area contributed by atoms with Crippen LogP contribution in [0, 0.1) is 18.8 Å². The molecule has 0 spiro atoms. The molecule has 0 aliphatic heterocycles. The molecule has 16 heavy (non-hydrogen) atoms. The second kappa shape index (κ2) is 6.92. The number of benzene rings is 1. The average Bonchev–Trinajstić information content (AvgIpc) is 2.29.